The minimum atomic E-state index is 0.110. The van der Waals surface area contributed by atoms with Gasteiger partial charge in [0.1, 0.15) is 0 Å². The largest absolute Gasteiger partial charge is 0.467 e. The average Bonchev–Trinajstić information content (AvgIpc) is 2.81. The molecular formula is C10H15ClN4O2. The summed E-state index contributed by atoms with van der Waals surface area (Å²) in [6.07, 6.45) is 2.33. The molecule has 2 atom stereocenters. The number of rotatable bonds is 4. The Morgan fingerprint density at radius 3 is 2.94 bits per heavy atom. The Morgan fingerprint density at radius 2 is 2.29 bits per heavy atom. The summed E-state index contributed by atoms with van der Waals surface area (Å²) in [5.41, 5.74) is 0. The Balaban J connectivity index is 2.04. The van der Waals surface area contributed by atoms with Crippen molar-refractivity contribution in [1.82, 2.24) is 15.0 Å². The van der Waals surface area contributed by atoms with Crippen molar-refractivity contribution >= 4 is 17.5 Å². The highest BCUT2D eigenvalue weighted by molar-refractivity contribution is 6.28. The zero-order valence-corrected chi connectivity index (χ0v) is 10.6. The van der Waals surface area contributed by atoms with Crippen molar-refractivity contribution in [2.45, 2.75) is 31.9 Å². The number of nitrogens with zero attached hydrogens (tertiary/aromatic N) is 3. The second kappa shape index (κ2) is 5.46. The number of halogens is 1. The first-order valence-corrected chi connectivity index (χ1v) is 5.90. The molecule has 1 aromatic rings. The first kappa shape index (κ1) is 12.3. The SMILES string of the molecule is COc1nc(Cl)nc(NC(C)C2CCCO2)n1. The third-order valence-corrected chi connectivity index (χ3v) is 2.82. The summed E-state index contributed by atoms with van der Waals surface area (Å²) in [6, 6.07) is 0.327. The standard InChI is InChI=1S/C10H15ClN4O2/c1-6(7-4-3-5-17-7)12-9-13-8(11)14-10(15-9)16-2/h6-7H,3-5H2,1-2H3,(H,12,13,14,15). The molecular weight excluding hydrogens is 244 g/mol. The van der Waals surface area contributed by atoms with E-state index in [1.165, 1.54) is 7.11 Å². The van der Waals surface area contributed by atoms with Crippen LogP contribution in [0.5, 0.6) is 6.01 Å². The van der Waals surface area contributed by atoms with Crippen LogP contribution in [0.3, 0.4) is 0 Å². The molecule has 1 N–H and O–H groups in total. The van der Waals surface area contributed by atoms with Crippen LogP contribution < -0.4 is 10.1 Å². The molecule has 0 saturated carbocycles. The van der Waals surface area contributed by atoms with Gasteiger partial charge in [-0.2, -0.15) is 15.0 Å². The van der Waals surface area contributed by atoms with Crippen LogP contribution in [0.25, 0.3) is 0 Å². The van der Waals surface area contributed by atoms with Crippen LogP contribution in [0.2, 0.25) is 5.28 Å². The molecule has 1 aromatic heterocycles. The van der Waals surface area contributed by atoms with E-state index in [1.54, 1.807) is 0 Å². The quantitative estimate of drug-likeness (QED) is 0.883. The smallest absolute Gasteiger partial charge is 0.322 e. The maximum atomic E-state index is 5.76. The van der Waals surface area contributed by atoms with Crippen molar-refractivity contribution in [3.05, 3.63) is 5.28 Å². The van der Waals surface area contributed by atoms with Crippen molar-refractivity contribution in [3.8, 4) is 6.01 Å². The summed E-state index contributed by atoms with van der Waals surface area (Å²) in [5, 5.41) is 3.26. The number of hydrogen-bond donors (Lipinski definition) is 1. The maximum absolute atomic E-state index is 5.76. The van der Waals surface area contributed by atoms with Crippen molar-refractivity contribution in [1.29, 1.82) is 0 Å². The Kier molecular flexibility index (Phi) is 3.96. The van der Waals surface area contributed by atoms with Gasteiger partial charge in [0.2, 0.25) is 11.2 Å². The number of nitrogens with one attached hydrogen (secondary N) is 1. The highest BCUT2D eigenvalue weighted by Gasteiger charge is 2.23. The van der Waals surface area contributed by atoms with Crippen molar-refractivity contribution in [3.63, 3.8) is 0 Å². The Hall–Kier alpha value is -1.14. The summed E-state index contributed by atoms with van der Waals surface area (Å²) in [7, 11) is 1.49. The molecule has 0 aliphatic carbocycles. The fourth-order valence-corrected chi connectivity index (χ4v) is 1.93. The minimum absolute atomic E-state index is 0.110. The molecule has 1 aliphatic heterocycles. The van der Waals surface area contributed by atoms with E-state index in [4.69, 9.17) is 21.1 Å². The monoisotopic (exact) mass is 258 g/mol. The van der Waals surface area contributed by atoms with Gasteiger partial charge in [-0.25, -0.2) is 0 Å². The maximum Gasteiger partial charge on any atom is 0.322 e. The van der Waals surface area contributed by atoms with Crippen LogP contribution >= 0.6 is 11.6 Å². The molecule has 6 nitrogen and oxygen atoms in total. The van der Waals surface area contributed by atoms with Gasteiger partial charge >= 0.3 is 6.01 Å². The molecule has 2 rings (SSSR count). The van der Waals surface area contributed by atoms with Gasteiger partial charge in [0, 0.05) is 6.61 Å². The van der Waals surface area contributed by atoms with E-state index >= 15 is 0 Å². The molecule has 1 fully saturated rings. The lowest BCUT2D eigenvalue weighted by Crippen LogP contribution is -2.30. The Bertz CT molecular complexity index is 385. The fourth-order valence-electron chi connectivity index (χ4n) is 1.78. The van der Waals surface area contributed by atoms with Gasteiger partial charge in [0.15, 0.2) is 0 Å². The Labute approximate surface area is 105 Å². The first-order chi connectivity index (χ1) is 8.19. The van der Waals surface area contributed by atoms with Crippen LogP contribution in [0.15, 0.2) is 0 Å². The van der Waals surface area contributed by atoms with Crippen LogP contribution in [0.4, 0.5) is 5.95 Å². The molecule has 17 heavy (non-hydrogen) atoms. The zero-order valence-electron chi connectivity index (χ0n) is 9.81. The summed E-state index contributed by atoms with van der Waals surface area (Å²) in [4.78, 5) is 11.9. The molecule has 0 spiro atoms. The molecule has 1 aliphatic rings. The van der Waals surface area contributed by atoms with Gasteiger partial charge in [-0.3, -0.25) is 0 Å². The number of anilines is 1. The fraction of sp³-hybridized carbons (Fsp3) is 0.700. The number of aromatic nitrogens is 3. The minimum Gasteiger partial charge on any atom is -0.467 e. The van der Waals surface area contributed by atoms with E-state index in [0.29, 0.717) is 5.95 Å². The molecule has 2 heterocycles. The molecule has 0 radical (unpaired) electrons. The molecule has 94 valence electrons. The predicted octanol–water partition coefficient (Wildman–Crippen LogP) is 1.51. The van der Waals surface area contributed by atoms with E-state index in [0.717, 1.165) is 19.4 Å². The first-order valence-electron chi connectivity index (χ1n) is 5.52. The summed E-state index contributed by atoms with van der Waals surface area (Å²) >= 11 is 5.76. The molecule has 7 heteroatoms. The van der Waals surface area contributed by atoms with E-state index in [9.17, 15) is 0 Å². The molecule has 0 aromatic carbocycles. The number of ether oxygens (including phenoxy) is 2. The van der Waals surface area contributed by atoms with E-state index in [-0.39, 0.29) is 23.4 Å². The summed E-state index contributed by atoms with van der Waals surface area (Å²) in [5.74, 6) is 0.407. The van der Waals surface area contributed by atoms with Crippen LogP contribution in [0, 0.1) is 0 Å². The van der Waals surface area contributed by atoms with E-state index in [2.05, 4.69) is 20.3 Å². The number of hydrogen-bond acceptors (Lipinski definition) is 6. The molecule has 2 unspecified atom stereocenters. The third kappa shape index (κ3) is 3.17. The van der Waals surface area contributed by atoms with Crippen molar-refractivity contribution < 1.29 is 9.47 Å². The van der Waals surface area contributed by atoms with Crippen molar-refractivity contribution in [2.75, 3.05) is 19.0 Å². The van der Waals surface area contributed by atoms with Crippen molar-refractivity contribution in [2.24, 2.45) is 0 Å². The van der Waals surface area contributed by atoms with Gasteiger partial charge in [-0.15, -0.1) is 0 Å². The average molecular weight is 259 g/mol. The van der Waals surface area contributed by atoms with Gasteiger partial charge in [0.05, 0.1) is 19.3 Å². The topological polar surface area (TPSA) is 69.2 Å². The predicted molar refractivity (Wildman–Crippen MR) is 63.4 cm³/mol. The highest BCUT2D eigenvalue weighted by Crippen LogP contribution is 2.18. The lowest BCUT2D eigenvalue weighted by Gasteiger charge is -2.19. The molecule has 0 bridgehead atoms. The van der Waals surface area contributed by atoms with E-state index in [1.807, 2.05) is 6.92 Å². The second-order valence-corrected chi connectivity index (χ2v) is 4.24. The van der Waals surface area contributed by atoms with Gasteiger partial charge < -0.3 is 14.8 Å². The lowest BCUT2D eigenvalue weighted by atomic mass is 10.1. The van der Waals surface area contributed by atoms with Gasteiger partial charge in [-0.05, 0) is 31.4 Å². The zero-order chi connectivity index (χ0) is 12.3. The normalized spacial score (nSPS) is 21.2. The van der Waals surface area contributed by atoms with E-state index < -0.39 is 0 Å². The van der Waals surface area contributed by atoms with Gasteiger partial charge in [0.25, 0.3) is 0 Å². The van der Waals surface area contributed by atoms with Crippen LogP contribution in [-0.4, -0.2) is 40.8 Å². The highest BCUT2D eigenvalue weighted by atomic mass is 35.5. The second-order valence-electron chi connectivity index (χ2n) is 3.90. The summed E-state index contributed by atoms with van der Waals surface area (Å²) < 4.78 is 10.5. The number of methoxy groups -OCH3 is 1. The van der Waals surface area contributed by atoms with Crippen LogP contribution in [0.1, 0.15) is 19.8 Å². The Morgan fingerprint density at radius 1 is 1.47 bits per heavy atom. The molecule has 1 saturated heterocycles. The van der Waals surface area contributed by atoms with Crippen LogP contribution in [-0.2, 0) is 4.74 Å². The third-order valence-electron chi connectivity index (χ3n) is 2.65. The molecule has 0 amide bonds. The summed E-state index contributed by atoms with van der Waals surface area (Å²) in [6.45, 7) is 2.85. The van der Waals surface area contributed by atoms with Gasteiger partial charge in [-0.1, -0.05) is 0 Å². The lowest BCUT2D eigenvalue weighted by molar-refractivity contribution is 0.0994.